The molecule has 0 aromatic carbocycles. The van der Waals surface area contributed by atoms with Crippen molar-refractivity contribution in [1.29, 1.82) is 0 Å². The summed E-state index contributed by atoms with van der Waals surface area (Å²) in [5, 5.41) is 0. The first kappa shape index (κ1) is 87.8. The minimum absolute atomic E-state index is 0. The molecule has 0 aliphatic carbocycles. The molecule has 0 heterocycles. The Morgan fingerprint density at radius 3 is 0.222 bits per heavy atom. The van der Waals surface area contributed by atoms with E-state index >= 15 is 0 Å². The summed E-state index contributed by atoms with van der Waals surface area (Å²) >= 11 is 0. The predicted octanol–water partition coefficient (Wildman–Crippen LogP) is 0.142. The largest absolute Gasteiger partial charge is 4.00 e. The fraction of sp³-hybridized carbons (Fsp3) is 0. The summed E-state index contributed by atoms with van der Waals surface area (Å²) in [6.07, 6.45) is 0. The van der Waals surface area contributed by atoms with Gasteiger partial charge in [0.05, 0.1) is 0 Å². The van der Waals surface area contributed by atoms with E-state index in [4.69, 9.17) is 0 Å². The van der Waals surface area contributed by atoms with Crippen LogP contribution in [0.2, 0.25) is 0 Å². The summed E-state index contributed by atoms with van der Waals surface area (Å²) in [6, 6.07) is 0. The van der Waals surface area contributed by atoms with Gasteiger partial charge >= 0.3 is 169 Å². The molecule has 0 spiro atoms. The van der Waals surface area contributed by atoms with E-state index in [1.807, 2.05) is 0 Å². The first-order chi connectivity index (χ1) is 0. The smallest absolute Gasteiger partial charge is 0.344 e. The minimum atomic E-state index is 0. The van der Waals surface area contributed by atoms with Crippen molar-refractivity contribution in [2.24, 2.45) is 0 Å². The van der Waals surface area contributed by atoms with Gasteiger partial charge in [0, 0.05) is 0 Å². The Morgan fingerprint density at radius 2 is 0.222 bits per heavy atom. The van der Waals surface area contributed by atoms with Crippen LogP contribution in [0.4, 0.5) is 0 Å². The van der Waals surface area contributed by atoms with Crippen LogP contribution in [0, 0.1) is 0 Å². The summed E-state index contributed by atoms with van der Waals surface area (Å²) in [4.78, 5) is 0. The molecule has 0 saturated carbocycles. The zero-order chi connectivity index (χ0) is 0. The van der Waals surface area contributed by atoms with Crippen LogP contribution < -0.4 is 6.15 Å². The molecule has 0 aromatic heterocycles. The molecule has 0 radical (unpaired) electrons. The molecule has 0 unspecified atom stereocenters. The molecule has 24 valence electrons. The Labute approximate surface area is 171 Å². The van der Waals surface area contributed by atoms with Crippen LogP contribution in [0.25, 0.3) is 0 Å². The monoisotopic (exact) mass is 800 g/mol. The molecular weight excluding hydrogens is 782 g/mol. The first-order valence-electron chi connectivity index (χ1n) is 0. The topological polar surface area (TPSA) is 35.0 Å². The molecule has 0 saturated heterocycles. The van der Waals surface area contributed by atoms with Gasteiger partial charge in [-0.2, -0.15) is 0 Å². The maximum atomic E-state index is 0. The van der Waals surface area contributed by atoms with Crippen LogP contribution in [-0.4, -0.2) is 0 Å². The average molecular weight is 785 g/mol. The molecule has 0 aliphatic rings. The SMILES string of the molecule is N.[Mo+4].[Mo+4].[Mo+4].[Mo+4].[Mo+4].[Mo+4].[Mo+4].[Mo+4]. The maximum absolute atomic E-state index is 0. The van der Waals surface area contributed by atoms with E-state index in [9.17, 15) is 0 Å². The summed E-state index contributed by atoms with van der Waals surface area (Å²) in [6.45, 7) is 0. The average Bonchev–Trinajstić information content (AvgIpc) is 0. The summed E-state index contributed by atoms with van der Waals surface area (Å²) in [7, 11) is 0. The molecule has 0 aromatic rings. The predicted molar refractivity (Wildman–Crippen MR) is 5.02 cm³/mol. The Kier molecular flexibility index (Phi) is 683. The molecule has 0 rings (SSSR count). The molecule has 0 atom stereocenters. The normalized spacial score (nSPS) is 0. The fourth-order valence-corrected chi connectivity index (χ4v) is 0. The van der Waals surface area contributed by atoms with Crippen molar-refractivity contribution in [2.45, 2.75) is 0 Å². The van der Waals surface area contributed by atoms with E-state index in [-0.39, 0.29) is 175 Å². The van der Waals surface area contributed by atoms with E-state index in [1.54, 1.807) is 0 Å². The number of rotatable bonds is 0. The molecule has 3 N–H and O–H groups in total. The molecule has 9 heavy (non-hydrogen) atoms. The number of hydrogen-bond acceptors (Lipinski definition) is 1. The van der Waals surface area contributed by atoms with Gasteiger partial charge in [-0.1, -0.05) is 0 Å². The van der Waals surface area contributed by atoms with Gasteiger partial charge in [0.15, 0.2) is 0 Å². The molecule has 0 amide bonds. The second-order valence-electron chi connectivity index (χ2n) is 0. The van der Waals surface area contributed by atoms with Crippen LogP contribution in [0.3, 0.4) is 0 Å². The van der Waals surface area contributed by atoms with Crippen molar-refractivity contribution >= 4 is 0 Å². The second-order valence-corrected chi connectivity index (χ2v) is 0. The summed E-state index contributed by atoms with van der Waals surface area (Å²) < 4.78 is 0. The van der Waals surface area contributed by atoms with Crippen molar-refractivity contribution in [3.05, 3.63) is 0 Å². The third kappa shape index (κ3) is 59.3. The van der Waals surface area contributed by atoms with E-state index in [2.05, 4.69) is 0 Å². The van der Waals surface area contributed by atoms with Crippen molar-refractivity contribution < 1.29 is 169 Å². The Balaban J connectivity index is 0. The zero-order valence-corrected chi connectivity index (χ0v) is 20.0. The van der Waals surface area contributed by atoms with E-state index < -0.39 is 0 Å². The molecule has 1 nitrogen and oxygen atoms in total. The maximum Gasteiger partial charge on any atom is 4.00 e. The van der Waals surface area contributed by atoms with Gasteiger partial charge in [0.25, 0.3) is 0 Å². The van der Waals surface area contributed by atoms with Crippen LogP contribution in [0.15, 0.2) is 0 Å². The van der Waals surface area contributed by atoms with Crippen LogP contribution in [0.1, 0.15) is 0 Å². The Morgan fingerprint density at radius 1 is 0.222 bits per heavy atom. The van der Waals surface area contributed by atoms with E-state index in [0.717, 1.165) is 0 Å². The zero-order valence-electron chi connectivity index (χ0n) is 3.97. The summed E-state index contributed by atoms with van der Waals surface area (Å²) in [5.41, 5.74) is 0. The van der Waals surface area contributed by atoms with Crippen molar-refractivity contribution in [3.63, 3.8) is 0 Å². The molecule has 0 fully saturated rings. The quantitative estimate of drug-likeness (QED) is 0.350. The van der Waals surface area contributed by atoms with Gasteiger partial charge in [-0.05, 0) is 0 Å². The van der Waals surface area contributed by atoms with Crippen molar-refractivity contribution in [2.75, 3.05) is 0 Å². The van der Waals surface area contributed by atoms with Crippen LogP contribution in [0.5, 0.6) is 0 Å². The van der Waals surface area contributed by atoms with E-state index in [1.165, 1.54) is 0 Å². The van der Waals surface area contributed by atoms with Crippen LogP contribution >= 0.6 is 0 Å². The Hall–Kier alpha value is 5.47. The molecule has 0 bridgehead atoms. The van der Waals surface area contributed by atoms with Gasteiger partial charge in [-0.15, -0.1) is 0 Å². The van der Waals surface area contributed by atoms with Crippen LogP contribution in [-0.2, 0) is 169 Å². The van der Waals surface area contributed by atoms with E-state index in [0.29, 0.717) is 0 Å². The molecule has 0 aliphatic heterocycles. The van der Waals surface area contributed by atoms with Crippen molar-refractivity contribution in [3.8, 4) is 0 Å². The molecular formula is H3Mo8N+32. The van der Waals surface area contributed by atoms with Gasteiger partial charge in [-0.25, -0.2) is 0 Å². The third-order valence-electron chi connectivity index (χ3n) is 0. The standard InChI is InChI=1S/8Mo.H3N/h;;;;;;;;1H3/q8*+4;. The third-order valence-corrected chi connectivity index (χ3v) is 0. The number of hydrogen-bond donors (Lipinski definition) is 1. The van der Waals surface area contributed by atoms with Crippen molar-refractivity contribution in [1.82, 2.24) is 6.15 Å². The van der Waals surface area contributed by atoms with Gasteiger partial charge < -0.3 is 6.15 Å². The summed E-state index contributed by atoms with van der Waals surface area (Å²) in [5.74, 6) is 0. The molecule has 9 heteroatoms. The minimum Gasteiger partial charge on any atom is -0.344 e. The fourth-order valence-electron chi connectivity index (χ4n) is 0. The second kappa shape index (κ2) is 70.0. The van der Waals surface area contributed by atoms with Gasteiger partial charge in [0.1, 0.15) is 0 Å². The van der Waals surface area contributed by atoms with Gasteiger partial charge in [0.2, 0.25) is 0 Å². The first-order valence-corrected chi connectivity index (χ1v) is 0. The van der Waals surface area contributed by atoms with Gasteiger partial charge in [-0.3, -0.25) is 0 Å². The Bertz CT molecular complexity index is 4.53.